The van der Waals surface area contributed by atoms with Crippen molar-refractivity contribution in [1.82, 2.24) is 15.1 Å². The Bertz CT molecular complexity index is 318. The molecule has 98 valence electrons. The number of aliphatic hydroxyl groups excluding tert-OH is 1. The Kier molecular flexibility index (Phi) is 5.65. The van der Waals surface area contributed by atoms with Crippen molar-refractivity contribution >= 4 is 0 Å². The quantitative estimate of drug-likeness (QED) is 0.726. The van der Waals surface area contributed by atoms with Gasteiger partial charge in [-0.1, -0.05) is 13.8 Å². The van der Waals surface area contributed by atoms with Crippen LogP contribution in [0.1, 0.15) is 38.8 Å². The summed E-state index contributed by atoms with van der Waals surface area (Å²) in [6.07, 6.45) is 4.80. The number of hydrogen-bond donors (Lipinski definition) is 2. The molecular weight excluding hydrogens is 214 g/mol. The highest BCUT2D eigenvalue weighted by atomic mass is 16.3. The fraction of sp³-hybridized carbons (Fsp3) is 0.769. The second-order valence-electron chi connectivity index (χ2n) is 4.62. The summed E-state index contributed by atoms with van der Waals surface area (Å²) in [5.74, 6) is 0. The molecule has 0 bridgehead atoms. The topological polar surface area (TPSA) is 50.1 Å². The van der Waals surface area contributed by atoms with E-state index in [0.717, 1.165) is 32.4 Å². The first-order valence-electron chi connectivity index (χ1n) is 6.51. The number of likely N-dealkylation sites (N-methyl/N-ethyl adjacent to an activating group) is 1. The second-order valence-corrected chi connectivity index (χ2v) is 4.62. The summed E-state index contributed by atoms with van der Waals surface area (Å²) in [6.45, 7) is 8.29. The van der Waals surface area contributed by atoms with Gasteiger partial charge in [0.05, 0.1) is 6.61 Å². The average Bonchev–Trinajstić information content (AvgIpc) is 2.74. The molecule has 1 rings (SSSR count). The number of aliphatic hydroxyl groups is 1. The molecule has 0 spiro atoms. The third-order valence-corrected chi connectivity index (χ3v) is 3.49. The molecule has 0 radical (unpaired) electrons. The summed E-state index contributed by atoms with van der Waals surface area (Å²) < 4.78 is 2.02. The molecule has 17 heavy (non-hydrogen) atoms. The van der Waals surface area contributed by atoms with E-state index in [1.807, 2.05) is 16.9 Å². The van der Waals surface area contributed by atoms with Gasteiger partial charge in [0.2, 0.25) is 0 Å². The van der Waals surface area contributed by atoms with Crippen molar-refractivity contribution in [2.24, 2.45) is 0 Å². The molecule has 4 nitrogen and oxygen atoms in total. The number of rotatable bonds is 8. The first-order chi connectivity index (χ1) is 8.17. The Hall–Kier alpha value is -0.870. The van der Waals surface area contributed by atoms with Gasteiger partial charge in [0.1, 0.15) is 0 Å². The lowest BCUT2D eigenvalue weighted by atomic mass is 9.91. The van der Waals surface area contributed by atoms with Gasteiger partial charge in [0, 0.05) is 24.0 Å². The lowest BCUT2D eigenvalue weighted by molar-refractivity contribution is 0.144. The summed E-state index contributed by atoms with van der Waals surface area (Å²) in [5, 5.41) is 17.2. The normalized spacial score (nSPS) is 14.8. The molecule has 0 aliphatic carbocycles. The molecule has 0 fully saturated rings. The SMILES string of the molecule is CCNC(CC)(CO)CCCn1nccc1C. The highest BCUT2D eigenvalue weighted by Gasteiger charge is 2.25. The second kappa shape index (κ2) is 6.77. The van der Waals surface area contributed by atoms with Crippen LogP contribution in [0.5, 0.6) is 0 Å². The van der Waals surface area contributed by atoms with Crippen molar-refractivity contribution in [2.45, 2.75) is 52.1 Å². The third-order valence-electron chi connectivity index (χ3n) is 3.49. The molecule has 0 amide bonds. The molecule has 0 aliphatic rings. The predicted molar refractivity (Wildman–Crippen MR) is 70.0 cm³/mol. The van der Waals surface area contributed by atoms with Crippen LogP contribution in [0.4, 0.5) is 0 Å². The van der Waals surface area contributed by atoms with Gasteiger partial charge in [0.25, 0.3) is 0 Å². The van der Waals surface area contributed by atoms with E-state index < -0.39 is 0 Å². The number of aromatic nitrogens is 2. The van der Waals surface area contributed by atoms with E-state index in [1.165, 1.54) is 5.69 Å². The molecule has 2 N–H and O–H groups in total. The van der Waals surface area contributed by atoms with E-state index in [4.69, 9.17) is 0 Å². The van der Waals surface area contributed by atoms with Crippen LogP contribution in [0, 0.1) is 6.92 Å². The number of nitrogens with one attached hydrogen (secondary N) is 1. The van der Waals surface area contributed by atoms with E-state index in [-0.39, 0.29) is 12.1 Å². The summed E-state index contributed by atoms with van der Waals surface area (Å²) in [5.41, 5.74) is 1.08. The first kappa shape index (κ1) is 14.2. The summed E-state index contributed by atoms with van der Waals surface area (Å²) in [7, 11) is 0. The zero-order chi connectivity index (χ0) is 12.7. The number of nitrogens with zero attached hydrogens (tertiary/aromatic N) is 2. The zero-order valence-corrected chi connectivity index (χ0v) is 11.2. The minimum atomic E-state index is -0.115. The van der Waals surface area contributed by atoms with E-state index in [0.29, 0.717) is 0 Å². The minimum Gasteiger partial charge on any atom is -0.394 e. The van der Waals surface area contributed by atoms with Gasteiger partial charge in [-0.2, -0.15) is 5.10 Å². The third kappa shape index (κ3) is 3.82. The van der Waals surface area contributed by atoms with Gasteiger partial charge < -0.3 is 10.4 Å². The molecule has 1 atom stereocenters. The van der Waals surface area contributed by atoms with E-state index in [2.05, 4.69) is 31.2 Å². The van der Waals surface area contributed by atoms with Crippen LogP contribution in [0.3, 0.4) is 0 Å². The fourth-order valence-electron chi connectivity index (χ4n) is 2.21. The van der Waals surface area contributed by atoms with E-state index in [1.54, 1.807) is 0 Å². The van der Waals surface area contributed by atoms with Crippen LogP contribution < -0.4 is 5.32 Å². The first-order valence-corrected chi connectivity index (χ1v) is 6.51. The Morgan fingerprint density at radius 3 is 2.71 bits per heavy atom. The summed E-state index contributed by atoms with van der Waals surface area (Å²) in [6, 6.07) is 2.02. The minimum absolute atomic E-state index is 0.115. The van der Waals surface area contributed by atoms with Crippen molar-refractivity contribution in [2.75, 3.05) is 13.2 Å². The van der Waals surface area contributed by atoms with Crippen LogP contribution in [-0.2, 0) is 6.54 Å². The zero-order valence-electron chi connectivity index (χ0n) is 11.2. The van der Waals surface area contributed by atoms with Gasteiger partial charge in [-0.05, 0) is 38.8 Å². The Morgan fingerprint density at radius 2 is 2.24 bits per heavy atom. The van der Waals surface area contributed by atoms with Gasteiger partial charge in [0.15, 0.2) is 0 Å². The van der Waals surface area contributed by atoms with Crippen molar-refractivity contribution in [3.63, 3.8) is 0 Å². The monoisotopic (exact) mass is 239 g/mol. The molecule has 1 unspecified atom stereocenters. The van der Waals surface area contributed by atoms with Gasteiger partial charge in [-0.3, -0.25) is 4.68 Å². The summed E-state index contributed by atoms with van der Waals surface area (Å²) in [4.78, 5) is 0. The molecule has 0 aromatic carbocycles. The Labute approximate surface area is 104 Å². The number of hydrogen-bond acceptors (Lipinski definition) is 3. The lowest BCUT2D eigenvalue weighted by Gasteiger charge is -2.31. The van der Waals surface area contributed by atoms with Crippen molar-refractivity contribution < 1.29 is 5.11 Å². The summed E-state index contributed by atoms with van der Waals surface area (Å²) >= 11 is 0. The molecule has 1 heterocycles. The van der Waals surface area contributed by atoms with Crippen molar-refractivity contribution in [3.8, 4) is 0 Å². The maximum atomic E-state index is 9.53. The molecule has 0 saturated carbocycles. The fourth-order valence-corrected chi connectivity index (χ4v) is 2.21. The average molecular weight is 239 g/mol. The number of aryl methyl sites for hydroxylation is 2. The largest absolute Gasteiger partial charge is 0.394 e. The molecule has 0 aliphatic heterocycles. The van der Waals surface area contributed by atoms with Crippen LogP contribution >= 0.6 is 0 Å². The lowest BCUT2D eigenvalue weighted by Crippen LogP contribution is -2.48. The van der Waals surface area contributed by atoms with E-state index in [9.17, 15) is 5.11 Å². The van der Waals surface area contributed by atoms with Gasteiger partial charge >= 0.3 is 0 Å². The van der Waals surface area contributed by atoms with Crippen LogP contribution in [0.15, 0.2) is 12.3 Å². The molecule has 1 aromatic rings. The highest BCUT2D eigenvalue weighted by molar-refractivity contribution is 4.96. The maximum Gasteiger partial charge on any atom is 0.0613 e. The molecule has 1 aromatic heterocycles. The van der Waals surface area contributed by atoms with Gasteiger partial charge in [-0.25, -0.2) is 0 Å². The van der Waals surface area contributed by atoms with Crippen LogP contribution in [0.2, 0.25) is 0 Å². The van der Waals surface area contributed by atoms with Crippen molar-refractivity contribution in [3.05, 3.63) is 18.0 Å². The van der Waals surface area contributed by atoms with Crippen LogP contribution in [0.25, 0.3) is 0 Å². The Balaban J connectivity index is 2.44. The molecule has 0 saturated heterocycles. The van der Waals surface area contributed by atoms with Crippen molar-refractivity contribution in [1.29, 1.82) is 0 Å². The predicted octanol–water partition coefficient (Wildman–Crippen LogP) is 1.72. The standard InChI is InChI=1S/C13H25N3O/c1-4-13(11-17,14-5-2)8-6-10-16-12(3)7-9-15-16/h7,9,14,17H,4-6,8,10-11H2,1-3H3. The van der Waals surface area contributed by atoms with E-state index >= 15 is 0 Å². The molecular formula is C13H25N3O. The van der Waals surface area contributed by atoms with Gasteiger partial charge in [-0.15, -0.1) is 0 Å². The smallest absolute Gasteiger partial charge is 0.0613 e. The molecule has 4 heteroatoms. The highest BCUT2D eigenvalue weighted by Crippen LogP contribution is 2.17. The maximum absolute atomic E-state index is 9.53. The Morgan fingerprint density at radius 1 is 1.47 bits per heavy atom. The van der Waals surface area contributed by atoms with Crippen LogP contribution in [-0.4, -0.2) is 33.6 Å².